The van der Waals surface area contributed by atoms with Crippen molar-refractivity contribution in [3.63, 3.8) is 0 Å². The first-order valence-electron chi connectivity index (χ1n) is 9.72. The van der Waals surface area contributed by atoms with Crippen molar-refractivity contribution in [2.45, 2.75) is 90.1 Å². The van der Waals surface area contributed by atoms with Crippen LogP contribution in [0.25, 0.3) is 0 Å². The average molecular weight is 334 g/mol. The third-order valence-corrected chi connectivity index (χ3v) is 4.50. The van der Waals surface area contributed by atoms with E-state index in [1.165, 1.54) is 32.1 Å². The van der Waals surface area contributed by atoms with E-state index in [1.807, 2.05) is 6.08 Å². The molecule has 2 unspecified atom stereocenters. The maximum Gasteiger partial charge on any atom is 0.309 e. The van der Waals surface area contributed by atoms with Gasteiger partial charge in [-0.05, 0) is 38.2 Å². The quantitative estimate of drug-likeness (QED) is 0.317. The number of ether oxygens (including phenoxy) is 1. The van der Waals surface area contributed by atoms with E-state index in [4.69, 9.17) is 9.84 Å². The largest absolute Gasteiger partial charge is 0.460 e. The van der Waals surface area contributed by atoms with Gasteiger partial charge in [0.2, 0.25) is 0 Å². The highest BCUT2D eigenvalue weighted by Crippen LogP contribution is 2.25. The molecule has 1 aliphatic heterocycles. The van der Waals surface area contributed by atoms with Crippen LogP contribution in [-0.2, 0) is 9.53 Å². The lowest BCUT2D eigenvalue weighted by Crippen LogP contribution is -2.10. The van der Waals surface area contributed by atoms with E-state index >= 15 is 0 Å². The van der Waals surface area contributed by atoms with E-state index in [-0.39, 0.29) is 24.6 Å². The molecular formula is C21H34O3. The van der Waals surface area contributed by atoms with Crippen LogP contribution in [0.4, 0.5) is 0 Å². The van der Waals surface area contributed by atoms with Gasteiger partial charge in [0.05, 0.1) is 12.5 Å². The number of unbranched alkanes of at least 4 members (excludes halogenated alkanes) is 8. The molecule has 3 nitrogen and oxygen atoms in total. The zero-order valence-corrected chi connectivity index (χ0v) is 15.3. The summed E-state index contributed by atoms with van der Waals surface area (Å²) < 4.78 is 5.08. The van der Waals surface area contributed by atoms with Crippen molar-refractivity contribution in [2.24, 2.45) is 5.92 Å². The lowest BCUT2D eigenvalue weighted by Gasteiger charge is -2.04. The highest BCUT2D eigenvalue weighted by atomic mass is 16.6. The molecule has 24 heavy (non-hydrogen) atoms. The molecule has 1 N–H and O–H groups in total. The third kappa shape index (κ3) is 9.78. The first-order valence-corrected chi connectivity index (χ1v) is 9.72. The van der Waals surface area contributed by atoms with Crippen molar-refractivity contribution in [3.05, 3.63) is 12.2 Å². The van der Waals surface area contributed by atoms with Crippen LogP contribution >= 0.6 is 0 Å². The number of aliphatic hydroxyl groups excluding tert-OH is 1. The van der Waals surface area contributed by atoms with Crippen LogP contribution in [-0.4, -0.2) is 23.8 Å². The van der Waals surface area contributed by atoms with Crippen LogP contribution in [0.2, 0.25) is 0 Å². The molecule has 0 aromatic rings. The van der Waals surface area contributed by atoms with Gasteiger partial charge in [0.25, 0.3) is 0 Å². The molecule has 2 atom stereocenters. The van der Waals surface area contributed by atoms with Gasteiger partial charge in [-0.15, -0.1) is 0 Å². The Bertz CT molecular complexity index is 417. The molecule has 0 amide bonds. The van der Waals surface area contributed by atoms with Crippen molar-refractivity contribution in [2.75, 3.05) is 6.61 Å². The smallest absolute Gasteiger partial charge is 0.309 e. The maximum absolute atomic E-state index is 11.6. The van der Waals surface area contributed by atoms with Crippen LogP contribution in [0.1, 0.15) is 84.0 Å². The highest BCUT2D eigenvalue weighted by Gasteiger charge is 2.33. The van der Waals surface area contributed by atoms with Crippen LogP contribution in [0.3, 0.4) is 0 Å². The summed E-state index contributed by atoms with van der Waals surface area (Å²) in [4.78, 5) is 11.6. The number of esters is 1. The molecule has 1 saturated heterocycles. The molecular weight excluding hydrogens is 300 g/mol. The second kappa shape index (κ2) is 14.1. The normalized spacial score (nSPS) is 20.2. The summed E-state index contributed by atoms with van der Waals surface area (Å²) in [6.45, 7) is 2.19. The summed E-state index contributed by atoms with van der Waals surface area (Å²) in [5, 5.41) is 9.00. The summed E-state index contributed by atoms with van der Waals surface area (Å²) >= 11 is 0. The van der Waals surface area contributed by atoms with Crippen LogP contribution in [0.15, 0.2) is 12.2 Å². The lowest BCUT2D eigenvalue weighted by atomic mass is 9.97. The number of hydrogen-bond donors (Lipinski definition) is 1. The minimum atomic E-state index is -0.266. The topological polar surface area (TPSA) is 46.5 Å². The van der Waals surface area contributed by atoms with Crippen molar-refractivity contribution < 1.29 is 14.6 Å². The van der Waals surface area contributed by atoms with Gasteiger partial charge in [-0.3, -0.25) is 4.79 Å². The maximum atomic E-state index is 11.6. The van der Waals surface area contributed by atoms with E-state index in [0.717, 1.165) is 38.5 Å². The lowest BCUT2D eigenvalue weighted by molar-refractivity contribution is -0.145. The summed E-state index contributed by atoms with van der Waals surface area (Å²) in [6, 6.07) is 0. The number of carbonyl (C=O) groups is 1. The molecule has 0 radical (unpaired) electrons. The molecule has 0 aliphatic carbocycles. The Hall–Kier alpha value is -1.27. The van der Waals surface area contributed by atoms with Gasteiger partial charge in [0.1, 0.15) is 6.10 Å². The van der Waals surface area contributed by atoms with Crippen molar-refractivity contribution in [3.8, 4) is 11.8 Å². The Morgan fingerprint density at radius 3 is 2.71 bits per heavy atom. The Balaban J connectivity index is 1.91. The van der Waals surface area contributed by atoms with Crippen molar-refractivity contribution in [1.82, 2.24) is 0 Å². The second-order valence-electron chi connectivity index (χ2n) is 6.70. The van der Waals surface area contributed by atoms with Gasteiger partial charge in [-0.1, -0.05) is 63.4 Å². The molecule has 136 valence electrons. The van der Waals surface area contributed by atoms with E-state index in [1.54, 1.807) is 0 Å². The molecule has 1 heterocycles. The first-order chi connectivity index (χ1) is 11.8. The standard InChI is InChI=1S/C21H34O3/c1-2-3-4-5-6-7-8-9-10-11-12-13-14-15-16-19-17-20(18-22)24-21(19)23/h7-8,19-20,22H,2-6,11-18H2,1H3. The average Bonchev–Trinajstić information content (AvgIpc) is 2.95. The van der Waals surface area contributed by atoms with Gasteiger partial charge < -0.3 is 9.84 Å². The summed E-state index contributed by atoms with van der Waals surface area (Å²) in [6.07, 6.45) is 17.3. The van der Waals surface area contributed by atoms with Gasteiger partial charge in [-0.25, -0.2) is 0 Å². The molecule has 0 aromatic carbocycles. The number of aliphatic hydroxyl groups is 1. The molecule has 0 aromatic heterocycles. The number of carbonyl (C=O) groups excluding carboxylic acids is 1. The molecule has 1 aliphatic rings. The highest BCUT2D eigenvalue weighted by molar-refractivity contribution is 5.74. The Morgan fingerprint density at radius 2 is 1.96 bits per heavy atom. The molecule has 0 saturated carbocycles. The van der Waals surface area contributed by atoms with Crippen LogP contribution in [0, 0.1) is 17.8 Å². The van der Waals surface area contributed by atoms with E-state index in [2.05, 4.69) is 24.8 Å². The fourth-order valence-electron chi connectivity index (χ4n) is 2.99. The zero-order valence-electron chi connectivity index (χ0n) is 15.3. The number of rotatable bonds is 12. The minimum Gasteiger partial charge on any atom is -0.460 e. The predicted octanol–water partition coefficient (Wildman–Crippen LogP) is 4.78. The Morgan fingerprint density at radius 1 is 1.17 bits per heavy atom. The molecule has 3 heteroatoms. The van der Waals surface area contributed by atoms with Crippen molar-refractivity contribution >= 4 is 5.97 Å². The van der Waals surface area contributed by atoms with Gasteiger partial charge in [0.15, 0.2) is 0 Å². The minimum absolute atomic E-state index is 0.00408. The van der Waals surface area contributed by atoms with E-state index < -0.39 is 0 Å². The SMILES string of the molecule is CCCCCCC=CC#CCCCCCCC1CC(CO)OC1=O. The molecule has 0 spiro atoms. The number of cyclic esters (lactones) is 1. The van der Waals surface area contributed by atoms with Gasteiger partial charge >= 0.3 is 5.97 Å². The van der Waals surface area contributed by atoms with E-state index in [9.17, 15) is 4.79 Å². The first kappa shape index (κ1) is 20.8. The molecule has 0 bridgehead atoms. The number of hydrogen-bond acceptors (Lipinski definition) is 3. The summed E-state index contributed by atoms with van der Waals surface area (Å²) in [5.74, 6) is 6.20. The predicted molar refractivity (Wildman–Crippen MR) is 98.4 cm³/mol. The van der Waals surface area contributed by atoms with Gasteiger partial charge in [0, 0.05) is 6.42 Å². The summed E-state index contributed by atoms with van der Waals surface area (Å²) in [5.41, 5.74) is 0. The van der Waals surface area contributed by atoms with Crippen LogP contribution in [0.5, 0.6) is 0 Å². The monoisotopic (exact) mass is 334 g/mol. The van der Waals surface area contributed by atoms with Crippen LogP contribution < -0.4 is 0 Å². The Labute approximate surface area is 147 Å². The zero-order chi connectivity index (χ0) is 17.5. The fourth-order valence-corrected chi connectivity index (χ4v) is 2.99. The van der Waals surface area contributed by atoms with Gasteiger partial charge in [-0.2, -0.15) is 0 Å². The molecule has 1 rings (SSSR count). The molecule has 1 fully saturated rings. The van der Waals surface area contributed by atoms with Crippen molar-refractivity contribution in [1.29, 1.82) is 0 Å². The van der Waals surface area contributed by atoms with E-state index in [0.29, 0.717) is 6.42 Å². The fraction of sp³-hybridized carbons (Fsp3) is 0.762. The Kier molecular flexibility index (Phi) is 12.2. The second-order valence-corrected chi connectivity index (χ2v) is 6.70. The summed E-state index contributed by atoms with van der Waals surface area (Å²) in [7, 11) is 0. The third-order valence-electron chi connectivity index (χ3n) is 4.50. The number of allylic oxidation sites excluding steroid dienone is 2.